The minimum Gasteiger partial charge on any atom is -0.378 e. The highest BCUT2D eigenvalue weighted by Crippen LogP contribution is 2.34. The molecule has 3 heterocycles. The molecule has 40 heavy (non-hydrogen) atoms. The van der Waals surface area contributed by atoms with Crippen LogP contribution in [0.25, 0.3) is 16.9 Å². The topological polar surface area (TPSA) is 76.4 Å². The molecule has 8 nitrogen and oxygen atoms in total. The van der Waals surface area contributed by atoms with Crippen molar-refractivity contribution in [2.45, 2.75) is 71.8 Å². The van der Waals surface area contributed by atoms with Gasteiger partial charge in [0, 0.05) is 45.6 Å². The van der Waals surface area contributed by atoms with Gasteiger partial charge in [0.05, 0.1) is 24.2 Å². The van der Waals surface area contributed by atoms with E-state index < -0.39 is 6.43 Å². The van der Waals surface area contributed by atoms with Gasteiger partial charge in [0.2, 0.25) is 5.91 Å². The first-order chi connectivity index (χ1) is 19.2. The standard InChI is InChI=1S/C30H40F2N6O2/c1-19-5-11-24-25(17-19)38(30(33-24)29(31)32)28-18-27(37-13-15-40-16-14-37)34-26(35-28)12-6-20(2)22-7-9-23(10-8-22)36(4)21(3)39/h5,11,17-18,20,22-23,29H,6-10,12-16H2,1-4H3/t20-,22?,23?/m1/s1. The number of benzene rings is 1. The predicted molar refractivity (Wildman–Crippen MR) is 151 cm³/mol. The van der Waals surface area contributed by atoms with E-state index in [0.717, 1.165) is 43.5 Å². The lowest BCUT2D eigenvalue weighted by molar-refractivity contribution is -0.130. The smallest absolute Gasteiger partial charge is 0.296 e. The molecule has 1 amide bonds. The molecule has 1 atom stereocenters. The van der Waals surface area contributed by atoms with Gasteiger partial charge in [-0.2, -0.15) is 0 Å². The second-order valence-corrected chi connectivity index (χ2v) is 11.4. The first-order valence-electron chi connectivity index (χ1n) is 14.4. The molecule has 1 saturated carbocycles. The van der Waals surface area contributed by atoms with Gasteiger partial charge in [0.25, 0.3) is 6.43 Å². The van der Waals surface area contributed by atoms with Gasteiger partial charge in [-0.25, -0.2) is 23.7 Å². The Morgan fingerprint density at radius 1 is 1.07 bits per heavy atom. The Morgan fingerprint density at radius 2 is 1.77 bits per heavy atom. The van der Waals surface area contributed by atoms with E-state index in [9.17, 15) is 13.6 Å². The first-order valence-corrected chi connectivity index (χ1v) is 14.4. The maximum atomic E-state index is 14.2. The summed E-state index contributed by atoms with van der Waals surface area (Å²) in [5.41, 5.74) is 2.11. The molecule has 3 aromatic rings. The summed E-state index contributed by atoms with van der Waals surface area (Å²) in [6.07, 6.45) is 3.09. The summed E-state index contributed by atoms with van der Waals surface area (Å²) in [6, 6.07) is 7.68. The van der Waals surface area contributed by atoms with Crippen molar-refractivity contribution in [3.63, 3.8) is 0 Å². The van der Waals surface area contributed by atoms with E-state index in [-0.39, 0.29) is 11.7 Å². The number of carbonyl (C=O) groups excluding carboxylic acids is 1. The fourth-order valence-corrected chi connectivity index (χ4v) is 6.15. The number of hydrogen-bond donors (Lipinski definition) is 0. The van der Waals surface area contributed by atoms with Gasteiger partial charge in [0.15, 0.2) is 5.82 Å². The van der Waals surface area contributed by atoms with Gasteiger partial charge in [-0.05, 0) is 68.6 Å². The summed E-state index contributed by atoms with van der Waals surface area (Å²) < 4.78 is 35.5. The highest BCUT2D eigenvalue weighted by Gasteiger charge is 2.29. The third-order valence-electron chi connectivity index (χ3n) is 8.75. The number of nitrogens with zero attached hydrogens (tertiary/aromatic N) is 6. The Morgan fingerprint density at radius 3 is 2.45 bits per heavy atom. The molecule has 0 N–H and O–H groups in total. The van der Waals surface area contributed by atoms with Crippen molar-refractivity contribution in [1.29, 1.82) is 0 Å². The maximum absolute atomic E-state index is 14.2. The average molecular weight is 555 g/mol. The van der Waals surface area contributed by atoms with E-state index in [1.165, 1.54) is 4.57 Å². The summed E-state index contributed by atoms with van der Waals surface area (Å²) in [4.78, 5) is 29.8. The van der Waals surface area contributed by atoms with Crippen LogP contribution in [0.15, 0.2) is 24.3 Å². The Kier molecular flexibility index (Phi) is 8.63. The molecule has 0 radical (unpaired) electrons. The summed E-state index contributed by atoms with van der Waals surface area (Å²) in [5.74, 6) is 2.69. The minimum atomic E-state index is -2.74. The highest BCUT2D eigenvalue weighted by molar-refractivity contribution is 5.79. The zero-order chi connectivity index (χ0) is 28.4. The molecular formula is C30H40F2N6O2. The fourth-order valence-electron chi connectivity index (χ4n) is 6.15. The average Bonchev–Trinajstić information content (AvgIpc) is 3.35. The lowest BCUT2D eigenvalue weighted by Crippen LogP contribution is -2.39. The summed E-state index contributed by atoms with van der Waals surface area (Å²) in [6.45, 7) is 8.44. The monoisotopic (exact) mass is 554 g/mol. The zero-order valence-electron chi connectivity index (χ0n) is 23.9. The Labute approximate surface area is 234 Å². The molecule has 0 unspecified atom stereocenters. The van der Waals surface area contributed by atoms with Crippen molar-refractivity contribution in [3.05, 3.63) is 41.5 Å². The number of alkyl halides is 2. The van der Waals surface area contributed by atoms with Crippen LogP contribution in [0.1, 0.15) is 69.6 Å². The van der Waals surface area contributed by atoms with Crippen molar-refractivity contribution >= 4 is 22.8 Å². The van der Waals surface area contributed by atoms with Gasteiger partial charge >= 0.3 is 0 Å². The van der Waals surface area contributed by atoms with Crippen molar-refractivity contribution in [2.75, 3.05) is 38.3 Å². The highest BCUT2D eigenvalue weighted by atomic mass is 19.3. The van der Waals surface area contributed by atoms with Crippen LogP contribution in [0.3, 0.4) is 0 Å². The number of amides is 1. The number of fused-ring (bicyclic) bond motifs is 1. The number of hydrogen-bond acceptors (Lipinski definition) is 6. The van der Waals surface area contributed by atoms with E-state index in [4.69, 9.17) is 14.7 Å². The molecule has 0 spiro atoms. The fraction of sp³-hybridized carbons (Fsp3) is 0.600. The van der Waals surface area contributed by atoms with E-state index in [1.54, 1.807) is 19.1 Å². The number of aryl methyl sites for hydroxylation is 2. The molecule has 1 saturated heterocycles. The third-order valence-corrected chi connectivity index (χ3v) is 8.75. The normalized spacial score (nSPS) is 20.7. The molecule has 10 heteroatoms. The van der Waals surface area contributed by atoms with Crippen molar-refractivity contribution in [2.24, 2.45) is 11.8 Å². The van der Waals surface area contributed by atoms with E-state index in [2.05, 4.69) is 16.8 Å². The molecule has 1 aliphatic carbocycles. The number of carbonyl (C=O) groups is 1. The Balaban J connectivity index is 1.41. The molecule has 5 rings (SSSR count). The van der Waals surface area contributed by atoms with Gasteiger partial charge in [-0.3, -0.25) is 9.36 Å². The van der Waals surface area contributed by atoms with Crippen LogP contribution in [0.4, 0.5) is 14.6 Å². The van der Waals surface area contributed by atoms with Gasteiger partial charge in [0.1, 0.15) is 17.5 Å². The number of ether oxygens (including phenoxy) is 1. The second-order valence-electron chi connectivity index (χ2n) is 11.4. The van der Waals surface area contributed by atoms with Crippen molar-refractivity contribution < 1.29 is 18.3 Å². The number of halogens is 2. The molecule has 0 bridgehead atoms. The SMILES string of the molecule is CC(=O)N(C)C1CCC([C@H](C)CCc2nc(N3CCOCC3)cc(-n3c(C(F)F)nc4ccc(C)cc43)n2)CC1. The Bertz CT molecular complexity index is 1330. The Hall–Kier alpha value is -3.14. The zero-order valence-corrected chi connectivity index (χ0v) is 23.9. The minimum absolute atomic E-state index is 0.125. The molecule has 1 aliphatic heterocycles. The summed E-state index contributed by atoms with van der Waals surface area (Å²) in [7, 11) is 1.90. The first kappa shape index (κ1) is 28.4. The molecular weight excluding hydrogens is 514 g/mol. The van der Waals surface area contributed by atoms with Crippen LogP contribution in [0, 0.1) is 18.8 Å². The number of imidazole rings is 1. The lowest BCUT2D eigenvalue weighted by Gasteiger charge is -2.36. The summed E-state index contributed by atoms with van der Waals surface area (Å²) >= 11 is 0. The molecule has 2 fully saturated rings. The van der Waals surface area contributed by atoms with Crippen LogP contribution in [-0.4, -0.2) is 69.7 Å². The summed E-state index contributed by atoms with van der Waals surface area (Å²) in [5, 5.41) is 0. The van der Waals surface area contributed by atoms with Crippen molar-refractivity contribution in [3.8, 4) is 5.82 Å². The second kappa shape index (κ2) is 12.2. The van der Waals surface area contributed by atoms with Crippen molar-refractivity contribution in [1.82, 2.24) is 24.4 Å². The van der Waals surface area contributed by atoms with Crippen LogP contribution in [0.2, 0.25) is 0 Å². The van der Waals surface area contributed by atoms with Crippen LogP contribution in [0.5, 0.6) is 0 Å². The van der Waals surface area contributed by atoms with Gasteiger partial charge in [-0.1, -0.05) is 13.0 Å². The van der Waals surface area contributed by atoms with E-state index in [0.29, 0.717) is 73.3 Å². The number of aromatic nitrogens is 4. The number of anilines is 1. The van der Waals surface area contributed by atoms with Crippen LogP contribution in [-0.2, 0) is 16.0 Å². The molecule has 2 aromatic heterocycles. The predicted octanol–water partition coefficient (Wildman–Crippen LogP) is 5.50. The van der Waals surface area contributed by atoms with E-state index in [1.807, 2.05) is 31.0 Å². The molecule has 1 aromatic carbocycles. The number of rotatable bonds is 8. The van der Waals surface area contributed by atoms with Gasteiger partial charge in [-0.15, -0.1) is 0 Å². The molecule has 216 valence electrons. The lowest BCUT2D eigenvalue weighted by atomic mass is 9.77. The van der Waals surface area contributed by atoms with Crippen LogP contribution >= 0.6 is 0 Å². The van der Waals surface area contributed by atoms with E-state index >= 15 is 0 Å². The number of morpholine rings is 1. The van der Waals surface area contributed by atoms with Crippen LogP contribution < -0.4 is 4.90 Å². The van der Waals surface area contributed by atoms with Gasteiger partial charge < -0.3 is 14.5 Å². The third kappa shape index (κ3) is 6.11. The molecule has 2 aliphatic rings. The largest absolute Gasteiger partial charge is 0.378 e. The maximum Gasteiger partial charge on any atom is 0.296 e. The quantitative estimate of drug-likeness (QED) is 0.366.